The summed E-state index contributed by atoms with van der Waals surface area (Å²) in [6.45, 7) is 1.52. The zero-order chi connectivity index (χ0) is 23.7. The van der Waals surface area contributed by atoms with Gasteiger partial charge >= 0.3 is 12.3 Å². The first-order valence-corrected chi connectivity index (χ1v) is 10.6. The summed E-state index contributed by atoms with van der Waals surface area (Å²) < 4.78 is 70.6. The summed E-state index contributed by atoms with van der Waals surface area (Å²) in [5.74, 6) is -0.525. The third-order valence-corrected chi connectivity index (χ3v) is 6.01. The average molecular weight is 469 g/mol. The van der Waals surface area contributed by atoms with E-state index < -0.39 is 39.8 Å². The van der Waals surface area contributed by atoms with Crippen LogP contribution in [0.5, 0.6) is 0 Å². The smallest absolute Gasteiger partial charge is 0.420 e. The molecule has 8 nitrogen and oxygen atoms in total. The molecule has 1 heterocycles. The van der Waals surface area contributed by atoms with Gasteiger partial charge in [-0.1, -0.05) is 6.07 Å². The summed E-state index contributed by atoms with van der Waals surface area (Å²) in [5, 5.41) is 3.13. The predicted octanol–water partition coefficient (Wildman–Crippen LogP) is 3.90. The van der Waals surface area contributed by atoms with E-state index in [2.05, 4.69) is 10.1 Å². The molecular formula is C20H18F3N3O5S. The molecule has 0 fully saturated rings. The van der Waals surface area contributed by atoms with Gasteiger partial charge in [-0.2, -0.15) is 13.2 Å². The zero-order valence-electron chi connectivity index (χ0n) is 16.8. The van der Waals surface area contributed by atoms with Crippen molar-refractivity contribution in [1.29, 1.82) is 0 Å². The van der Waals surface area contributed by atoms with Crippen molar-refractivity contribution in [3.05, 3.63) is 60.3 Å². The molecule has 0 bridgehead atoms. The second kappa shape index (κ2) is 8.54. The summed E-state index contributed by atoms with van der Waals surface area (Å²) in [7, 11) is -3.13. The van der Waals surface area contributed by atoms with E-state index in [9.17, 15) is 31.2 Å². The number of halogens is 3. The molecule has 0 aliphatic heterocycles. The van der Waals surface area contributed by atoms with Gasteiger partial charge in [-0.15, -0.1) is 0 Å². The monoisotopic (exact) mass is 469 g/mol. The van der Waals surface area contributed by atoms with Gasteiger partial charge in [-0.3, -0.25) is 4.79 Å². The van der Waals surface area contributed by atoms with E-state index in [1.807, 2.05) is 0 Å². The Bertz CT molecular complexity index is 1270. The van der Waals surface area contributed by atoms with Crippen LogP contribution in [0.15, 0.2) is 59.6 Å². The molecule has 170 valence electrons. The van der Waals surface area contributed by atoms with Crippen molar-refractivity contribution in [2.24, 2.45) is 0 Å². The van der Waals surface area contributed by atoms with Gasteiger partial charge in [0, 0.05) is 17.4 Å². The molecule has 0 aliphatic carbocycles. The fraction of sp³-hybridized carbons (Fsp3) is 0.200. The molecule has 3 aromatic rings. The number of anilines is 1. The average Bonchev–Trinajstić information content (AvgIpc) is 3.15. The zero-order valence-corrected chi connectivity index (χ0v) is 17.6. The number of carbonyl (C=O) groups excluding carboxylic acids is 2. The molecule has 2 aromatic carbocycles. The van der Waals surface area contributed by atoms with Crippen molar-refractivity contribution < 1.29 is 35.9 Å². The first-order chi connectivity index (χ1) is 14.9. The third-order valence-electron chi connectivity index (χ3n) is 4.68. The highest BCUT2D eigenvalue weighted by molar-refractivity contribution is 7.90. The SMILES string of the molecule is COC(=O)NS(=O)(=O)c1ccc(NC(=O)[C@H](C)n2ccc3ccc(C(F)(F)F)cc32)cc1. The molecule has 2 N–H and O–H groups in total. The Morgan fingerprint density at radius 1 is 1.06 bits per heavy atom. The predicted molar refractivity (Wildman–Crippen MR) is 109 cm³/mol. The van der Waals surface area contributed by atoms with Crippen LogP contribution in [0, 0.1) is 0 Å². The van der Waals surface area contributed by atoms with Gasteiger partial charge in [0.25, 0.3) is 10.0 Å². The summed E-state index contributed by atoms with van der Waals surface area (Å²) in [6.07, 6.45) is -4.15. The Morgan fingerprint density at radius 2 is 1.72 bits per heavy atom. The van der Waals surface area contributed by atoms with Gasteiger partial charge in [0.15, 0.2) is 0 Å². The summed E-state index contributed by atoms with van der Waals surface area (Å²) in [5.41, 5.74) is -0.320. The molecule has 32 heavy (non-hydrogen) atoms. The normalized spacial score (nSPS) is 12.9. The largest absolute Gasteiger partial charge is 0.452 e. The minimum atomic E-state index is -4.51. The first-order valence-electron chi connectivity index (χ1n) is 9.12. The number of benzene rings is 2. The topological polar surface area (TPSA) is 106 Å². The number of nitrogens with zero attached hydrogens (tertiary/aromatic N) is 1. The minimum absolute atomic E-state index is 0.231. The standard InChI is InChI=1S/C20H18F3N3O5S/c1-12(26-10-9-13-3-4-14(11-17(13)26)20(21,22)23)18(27)24-15-5-7-16(8-6-15)32(29,30)25-19(28)31-2/h3-12H,1-2H3,(H,24,27)(H,25,28)/t12-/m0/s1. The van der Waals surface area contributed by atoms with E-state index in [0.29, 0.717) is 5.39 Å². The van der Waals surface area contributed by atoms with E-state index in [-0.39, 0.29) is 16.1 Å². The van der Waals surface area contributed by atoms with Crippen LogP contribution >= 0.6 is 0 Å². The lowest BCUT2D eigenvalue weighted by molar-refractivity contribution is -0.137. The van der Waals surface area contributed by atoms with Gasteiger partial charge in [0.05, 0.1) is 17.6 Å². The Kier molecular flexibility index (Phi) is 6.17. The van der Waals surface area contributed by atoms with Crippen molar-refractivity contribution in [3.8, 4) is 0 Å². The number of sulfonamides is 1. The molecule has 3 rings (SSSR count). The lowest BCUT2D eigenvalue weighted by atomic mass is 10.1. The van der Waals surface area contributed by atoms with Gasteiger partial charge < -0.3 is 14.6 Å². The quantitative estimate of drug-likeness (QED) is 0.590. The van der Waals surface area contributed by atoms with E-state index >= 15 is 0 Å². The van der Waals surface area contributed by atoms with E-state index in [4.69, 9.17) is 0 Å². The van der Waals surface area contributed by atoms with Crippen LogP contribution in [0.25, 0.3) is 10.9 Å². The minimum Gasteiger partial charge on any atom is -0.452 e. The fourth-order valence-corrected chi connectivity index (χ4v) is 3.88. The maximum Gasteiger partial charge on any atom is 0.420 e. The molecule has 0 radical (unpaired) electrons. The maximum atomic E-state index is 13.0. The number of aromatic nitrogens is 1. The molecule has 1 aromatic heterocycles. The van der Waals surface area contributed by atoms with Gasteiger partial charge in [-0.25, -0.2) is 17.9 Å². The number of ether oxygens (including phenoxy) is 1. The Hall–Kier alpha value is -3.54. The van der Waals surface area contributed by atoms with Crippen molar-refractivity contribution in [3.63, 3.8) is 0 Å². The summed E-state index contributed by atoms with van der Waals surface area (Å²) in [6, 6.07) is 9.00. The number of hydrogen-bond acceptors (Lipinski definition) is 5. The number of methoxy groups -OCH3 is 1. The Balaban J connectivity index is 1.78. The highest BCUT2D eigenvalue weighted by Gasteiger charge is 2.31. The lowest BCUT2D eigenvalue weighted by Gasteiger charge is -2.16. The summed E-state index contributed by atoms with van der Waals surface area (Å²) in [4.78, 5) is 23.6. The van der Waals surface area contributed by atoms with Crippen LogP contribution in [-0.2, 0) is 25.7 Å². The fourth-order valence-electron chi connectivity index (χ4n) is 2.96. The van der Waals surface area contributed by atoms with Gasteiger partial charge in [0.2, 0.25) is 5.91 Å². The number of rotatable bonds is 5. The Labute approximate surface area is 181 Å². The number of nitrogens with one attached hydrogen (secondary N) is 2. The second-order valence-electron chi connectivity index (χ2n) is 6.78. The maximum absolute atomic E-state index is 13.0. The number of amides is 2. The highest BCUT2D eigenvalue weighted by atomic mass is 32.2. The molecule has 0 aliphatic rings. The lowest BCUT2D eigenvalue weighted by Crippen LogP contribution is -2.30. The van der Waals surface area contributed by atoms with Gasteiger partial charge in [0.1, 0.15) is 6.04 Å². The molecule has 0 saturated carbocycles. The number of hydrogen-bond donors (Lipinski definition) is 2. The van der Waals surface area contributed by atoms with Crippen molar-refractivity contribution in [2.75, 3.05) is 12.4 Å². The van der Waals surface area contributed by atoms with Crippen LogP contribution < -0.4 is 10.0 Å². The molecule has 0 spiro atoms. The molecule has 0 saturated heterocycles. The summed E-state index contributed by atoms with van der Waals surface area (Å²) >= 11 is 0. The van der Waals surface area contributed by atoms with Crippen LogP contribution in [0.2, 0.25) is 0 Å². The Morgan fingerprint density at radius 3 is 2.31 bits per heavy atom. The molecule has 1 atom stereocenters. The van der Waals surface area contributed by atoms with E-state index in [1.165, 1.54) is 48.0 Å². The molecule has 12 heteroatoms. The van der Waals surface area contributed by atoms with Crippen LogP contribution in [0.3, 0.4) is 0 Å². The van der Waals surface area contributed by atoms with E-state index in [0.717, 1.165) is 19.2 Å². The first kappa shape index (κ1) is 23.1. The van der Waals surface area contributed by atoms with Crippen LogP contribution in [0.1, 0.15) is 18.5 Å². The molecular weight excluding hydrogens is 451 g/mol. The van der Waals surface area contributed by atoms with Crippen LogP contribution in [0.4, 0.5) is 23.7 Å². The van der Waals surface area contributed by atoms with Crippen molar-refractivity contribution in [1.82, 2.24) is 9.29 Å². The molecule has 0 unspecified atom stereocenters. The highest BCUT2D eigenvalue weighted by Crippen LogP contribution is 2.32. The number of alkyl halides is 3. The molecule has 2 amide bonds. The van der Waals surface area contributed by atoms with E-state index in [1.54, 1.807) is 10.8 Å². The number of fused-ring (bicyclic) bond motifs is 1. The van der Waals surface area contributed by atoms with Crippen LogP contribution in [-0.4, -0.2) is 32.1 Å². The number of carbonyl (C=O) groups is 2. The van der Waals surface area contributed by atoms with Gasteiger partial charge in [-0.05, 0) is 54.8 Å². The van der Waals surface area contributed by atoms with Crippen molar-refractivity contribution in [2.45, 2.75) is 24.0 Å². The third kappa shape index (κ3) is 4.85. The second-order valence-corrected chi connectivity index (χ2v) is 8.46. The van der Waals surface area contributed by atoms with Crippen molar-refractivity contribution >= 4 is 38.6 Å².